The van der Waals surface area contributed by atoms with E-state index in [9.17, 15) is 4.79 Å². The van der Waals surface area contributed by atoms with Crippen LogP contribution in [-0.4, -0.2) is 5.91 Å². The first-order valence-electron chi connectivity index (χ1n) is 7.17. The van der Waals surface area contributed by atoms with Gasteiger partial charge >= 0.3 is 0 Å². The van der Waals surface area contributed by atoms with Crippen molar-refractivity contribution in [2.24, 2.45) is 0 Å². The van der Waals surface area contributed by atoms with Crippen molar-refractivity contribution in [3.63, 3.8) is 0 Å². The van der Waals surface area contributed by atoms with Crippen LogP contribution in [0, 0.1) is 6.92 Å². The summed E-state index contributed by atoms with van der Waals surface area (Å²) in [5.74, 6) is 0.460. The quantitative estimate of drug-likeness (QED) is 0.565. The van der Waals surface area contributed by atoms with E-state index < -0.39 is 0 Å². The lowest BCUT2D eigenvalue weighted by Crippen LogP contribution is -2.12. The molecule has 0 bridgehead atoms. The van der Waals surface area contributed by atoms with Gasteiger partial charge in [-0.05, 0) is 70.9 Å². The Labute approximate surface area is 152 Å². The molecule has 24 heavy (non-hydrogen) atoms. The van der Waals surface area contributed by atoms with Crippen molar-refractivity contribution in [1.29, 1.82) is 0 Å². The van der Waals surface area contributed by atoms with Crippen molar-refractivity contribution >= 4 is 44.8 Å². The molecule has 6 heteroatoms. The molecule has 0 radical (unpaired) electrons. The lowest BCUT2D eigenvalue weighted by atomic mass is 10.2. The number of carbonyl (C=O) groups is 1. The normalized spacial score (nSPS) is 10.6. The van der Waals surface area contributed by atoms with Gasteiger partial charge in [0.05, 0.1) is 0 Å². The highest BCUT2D eigenvalue weighted by molar-refractivity contribution is 9.10. The average molecular weight is 406 g/mol. The number of halogens is 2. The van der Waals surface area contributed by atoms with Crippen LogP contribution in [0.1, 0.15) is 16.1 Å². The van der Waals surface area contributed by atoms with Gasteiger partial charge in [0.15, 0.2) is 5.76 Å². The monoisotopic (exact) mass is 404 g/mol. The number of nitrogen functional groups attached to an aromatic ring is 1. The van der Waals surface area contributed by atoms with Crippen LogP contribution in [0.4, 0.5) is 11.4 Å². The first-order chi connectivity index (χ1) is 11.4. The van der Waals surface area contributed by atoms with Crippen molar-refractivity contribution in [2.75, 3.05) is 11.1 Å². The molecule has 0 spiro atoms. The van der Waals surface area contributed by atoms with E-state index in [0.717, 1.165) is 15.6 Å². The van der Waals surface area contributed by atoms with Gasteiger partial charge in [-0.2, -0.15) is 0 Å². The van der Waals surface area contributed by atoms with Gasteiger partial charge in [-0.15, -0.1) is 0 Å². The summed E-state index contributed by atoms with van der Waals surface area (Å²) >= 11 is 9.39. The second-order valence-corrected chi connectivity index (χ2v) is 6.61. The number of aryl methyl sites for hydroxylation is 1. The molecule has 1 amide bonds. The van der Waals surface area contributed by atoms with E-state index >= 15 is 0 Å². The Morgan fingerprint density at radius 3 is 2.71 bits per heavy atom. The fraction of sp³-hybridized carbons (Fsp3) is 0.0556. The molecule has 0 fully saturated rings. The van der Waals surface area contributed by atoms with E-state index in [1.807, 2.05) is 19.1 Å². The Kier molecular flexibility index (Phi) is 4.64. The van der Waals surface area contributed by atoms with Crippen LogP contribution < -0.4 is 11.1 Å². The van der Waals surface area contributed by atoms with Gasteiger partial charge in [0.25, 0.3) is 5.91 Å². The lowest BCUT2D eigenvalue weighted by Gasteiger charge is -2.08. The molecule has 0 unspecified atom stereocenters. The second-order valence-electron chi connectivity index (χ2n) is 5.32. The average Bonchev–Trinajstić information content (AvgIpc) is 3.00. The van der Waals surface area contributed by atoms with E-state index in [2.05, 4.69) is 21.2 Å². The van der Waals surface area contributed by atoms with E-state index in [1.54, 1.807) is 36.4 Å². The van der Waals surface area contributed by atoms with Crippen LogP contribution in [0.3, 0.4) is 0 Å². The molecule has 4 nitrogen and oxygen atoms in total. The number of nitrogens with two attached hydrogens (primary N) is 1. The summed E-state index contributed by atoms with van der Waals surface area (Å²) in [5, 5.41) is 3.43. The topological polar surface area (TPSA) is 68.3 Å². The van der Waals surface area contributed by atoms with E-state index in [1.165, 1.54) is 0 Å². The molecule has 0 aliphatic heterocycles. The maximum atomic E-state index is 12.4. The number of hydrogen-bond acceptors (Lipinski definition) is 3. The number of furan rings is 1. The minimum atomic E-state index is -0.333. The number of benzene rings is 2. The Hall–Kier alpha value is -2.24. The molecule has 3 N–H and O–H groups in total. The molecular weight excluding hydrogens is 392 g/mol. The van der Waals surface area contributed by atoms with Gasteiger partial charge in [0.2, 0.25) is 0 Å². The minimum Gasteiger partial charge on any atom is -0.451 e. The Balaban J connectivity index is 1.85. The predicted molar refractivity (Wildman–Crippen MR) is 100 cm³/mol. The molecule has 2 aromatic carbocycles. The van der Waals surface area contributed by atoms with Gasteiger partial charge in [-0.1, -0.05) is 17.7 Å². The highest BCUT2D eigenvalue weighted by atomic mass is 79.9. The summed E-state index contributed by atoms with van der Waals surface area (Å²) in [5.41, 5.74) is 8.74. The number of anilines is 2. The number of amides is 1. The molecule has 1 aromatic heterocycles. The third-order valence-electron chi connectivity index (χ3n) is 3.54. The number of rotatable bonds is 3. The summed E-state index contributed by atoms with van der Waals surface area (Å²) in [6, 6.07) is 14.1. The zero-order chi connectivity index (χ0) is 17.3. The maximum absolute atomic E-state index is 12.4. The summed E-state index contributed by atoms with van der Waals surface area (Å²) in [6.07, 6.45) is 0. The highest BCUT2D eigenvalue weighted by Crippen LogP contribution is 2.32. The first kappa shape index (κ1) is 16.6. The van der Waals surface area contributed by atoms with Gasteiger partial charge < -0.3 is 15.5 Å². The first-order valence-corrected chi connectivity index (χ1v) is 8.34. The Morgan fingerprint density at radius 1 is 1.17 bits per heavy atom. The van der Waals surface area contributed by atoms with E-state index in [4.69, 9.17) is 21.8 Å². The molecule has 122 valence electrons. The number of nitrogens with one attached hydrogen (secondary N) is 1. The molecule has 0 atom stereocenters. The number of hydrogen-bond donors (Lipinski definition) is 2. The smallest absolute Gasteiger partial charge is 0.291 e. The molecule has 3 aromatic rings. The number of carbonyl (C=O) groups excluding carboxylic acids is 1. The van der Waals surface area contributed by atoms with Crippen molar-refractivity contribution in [3.8, 4) is 11.3 Å². The zero-order valence-corrected chi connectivity index (χ0v) is 15.1. The van der Waals surface area contributed by atoms with Crippen LogP contribution >= 0.6 is 27.5 Å². The summed E-state index contributed by atoms with van der Waals surface area (Å²) in [4.78, 5) is 12.4. The Bertz CT molecular complexity index is 921. The third kappa shape index (κ3) is 3.47. The fourth-order valence-corrected chi connectivity index (χ4v) is 3.13. The summed E-state index contributed by atoms with van der Waals surface area (Å²) in [6.45, 7) is 1.90. The van der Waals surface area contributed by atoms with Crippen LogP contribution in [0.5, 0.6) is 0 Å². The van der Waals surface area contributed by atoms with Gasteiger partial charge in [0, 0.05) is 26.4 Å². The fourth-order valence-electron chi connectivity index (χ4n) is 2.25. The molecule has 0 saturated heterocycles. The summed E-state index contributed by atoms with van der Waals surface area (Å²) in [7, 11) is 0. The van der Waals surface area contributed by atoms with E-state index in [0.29, 0.717) is 22.2 Å². The molecule has 3 rings (SSSR count). The van der Waals surface area contributed by atoms with Gasteiger partial charge in [-0.3, -0.25) is 4.79 Å². The van der Waals surface area contributed by atoms with Crippen LogP contribution in [-0.2, 0) is 0 Å². The van der Waals surface area contributed by atoms with Crippen molar-refractivity contribution in [2.45, 2.75) is 6.92 Å². The SMILES string of the molecule is Cc1ccc(N)cc1NC(=O)c1ccc(-c2ccc(Cl)cc2Br)o1. The molecule has 0 aliphatic rings. The standard InChI is InChI=1S/C18H14BrClN2O2/c1-10-2-4-12(21)9-15(10)22-18(23)17-7-6-16(24-17)13-5-3-11(20)8-14(13)19/h2-9H,21H2,1H3,(H,22,23). The molecule has 1 heterocycles. The van der Waals surface area contributed by atoms with Crippen molar-refractivity contribution in [3.05, 3.63) is 69.3 Å². The summed E-state index contributed by atoms with van der Waals surface area (Å²) < 4.78 is 6.47. The van der Waals surface area contributed by atoms with Crippen molar-refractivity contribution in [1.82, 2.24) is 0 Å². The maximum Gasteiger partial charge on any atom is 0.291 e. The largest absolute Gasteiger partial charge is 0.451 e. The van der Waals surface area contributed by atoms with Crippen LogP contribution in [0.25, 0.3) is 11.3 Å². The minimum absolute atomic E-state index is 0.216. The zero-order valence-electron chi connectivity index (χ0n) is 12.8. The second kappa shape index (κ2) is 6.71. The molecular formula is C18H14BrClN2O2. The van der Waals surface area contributed by atoms with Gasteiger partial charge in [-0.25, -0.2) is 0 Å². The molecule has 0 aliphatic carbocycles. The van der Waals surface area contributed by atoms with Crippen LogP contribution in [0.15, 0.2) is 57.4 Å². The molecule has 0 saturated carbocycles. The lowest BCUT2D eigenvalue weighted by molar-refractivity contribution is 0.0997. The highest BCUT2D eigenvalue weighted by Gasteiger charge is 2.15. The predicted octanol–water partition coefficient (Wildman–Crippen LogP) is 5.51. The van der Waals surface area contributed by atoms with Crippen LogP contribution in [0.2, 0.25) is 5.02 Å². The Morgan fingerprint density at radius 2 is 1.96 bits per heavy atom. The van der Waals surface area contributed by atoms with Crippen molar-refractivity contribution < 1.29 is 9.21 Å². The van der Waals surface area contributed by atoms with E-state index in [-0.39, 0.29) is 11.7 Å². The van der Waals surface area contributed by atoms with Gasteiger partial charge in [0.1, 0.15) is 5.76 Å². The third-order valence-corrected chi connectivity index (χ3v) is 4.43.